The molecule has 0 bridgehead atoms. The number of hydrogen-bond acceptors (Lipinski definition) is 5. The molecule has 1 aromatic carbocycles. The van der Waals surface area contributed by atoms with Crippen LogP contribution in [-0.4, -0.2) is 22.5 Å². The van der Waals surface area contributed by atoms with Crippen LogP contribution in [0.3, 0.4) is 0 Å². The van der Waals surface area contributed by atoms with Crippen molar-refractivity contribution in [2.45, 2.75) is 20.4 Å². The van der Waals surface area contributed by atoms with Crippen LogP contribution in [-0.2, 0) is 11.3 Å². The van der Waals surface area contributed by atoms with Gasteiger partial charge in [0, 0.05) is 6.54 Å². The molecule has 6 heteroatoms. The molecule has 110 valence electrons. The largest absolute Gasteiger partial charge is 0.461 e. The highest BCUT2D eigenvalue weighted by atomic mass is 79.9. The molecule has 1 aromatic heterocycles. The Morgan fingerprint density at radius 1 is 1.29 bits per heavy atom. The van der Waals surface area contributed by atoms with Gasteiger partial charge >= 0.3 is 5.97 Å². The average Bonchev–Trinajstić information content (AvgIpc) is 2.49. The third kappa shape index (κ3) is 4.01. The van der Waals surface area contributed by atoms with Crippen molar-refractivity contribution >= 4 is 27.7 Å². The lowest BCUT2D eigenvalue weighted by atomic mass is 10.2. The first-order valence-electron chi connectivity index (χ1n) is 6.61. The first-order valence-corrected chi connectivity index (χ1v) is 7.40. The predicted octanol–water partition coefficient (Wildman–Crippen LogP) is 3.34. The molecule has 21 heavy (non-hydrogen) atoms. The molecule has 0 fully saturated rings. The van der Waals surface area contributed by atoms with Crippen LogP contribution in [0.25, 0.3) is 0 Å². The van der Waals surface area contributed by atoms with Crippen LogP contribution in [0.5, 0.6) is 0 Å². The highest BCUT2D eigenvalue weighted by Gasteiger charge is 2.16. The SMILES string of the molecule is CCOC(=O)c1nc(Br)c(NCc2ccccc2)nc1C. The number of carbonyl (C=O) groups excluding carboxylic acids is 1. The molecule has 0 radical (unpaired) electrons. The number of nitrogens with one attached hydrogen (secondary N) is 1. The van der Waals surface area contributed by atoms with E-state index < -0.39 is 5.97 Å². The molecule has 0 unspecified atom stereocenters. The van der Waals surface area contributed by atoms with Crippen molar-refractivity contribution in [2.24, 2.45) is 0 Å². The number of ether oxygens (including phenoxy) is 1. The average molecular weight is 350 g/mol. The van der Waals surface area contributed by atoms with E-state index in [4.69, 9.17) is 4.74 Å². The molecular weight excluding hydrogens is 334 g/mol. The Hall–Kier alpha value is -1.95. The number of anilines is 1. The van der Waals surface area contributed by atoms with Gasteiger partial charge in [0.1, 0.15) is 4.60 Å². The first-order chi connectivity index (χ1) is 10.1. The summed E-state index contributed by atoms with van der Waals surface area (Å²) in [6.45, 7) is 4.43. The van der Waals surface area contributed by atoms with Crippen LogP contribution in [0.15, 0.2) is 34.9 Å². The number of hydrogen-bond donors (Lipinski definition) is 1. The van der Waals surface area contributed by atoms with Crippen LogP contribution < -0.4 is 5.32 Å². The quantitative estimate of drug-likeness (QED) is 0.838. The van der Waals surface area contributed by atoms with E-state index in [0.717, 1.165) is 5.56 Å². The van der Waals surface area contributed by atoms with Crippen molar-refractivity contribution < 1.29 is 9.53 Å². The second-order valence-electron chi connectivity index (χ2n) is 4.36. The van der Waals surface area contributed by atoms with E-state index in [9.17, 15) is 4.79 Å². The van der Waals surface area contributed by atoms with Gasteiger partial charge < -0.3 is 10.1 Å². The topological polar surface area (TPSA) is 64.1 Å². The third-order valence-electron chi connectivity index (χ3n) is 2.80. The zero-order valence-corrected chi connectivity index (χ0v) is 13.5. The number of rotatable bonds is 5. The van der Waals surface area contributed by atoms with Gasteiger partial charge in [-0.25, -0.2) is 14.8 Å². The Balaban J connectivity index is 2.14. The summed E-state index contributed by atoms with van der Waals surface area (Å²) in [5, 5.41) is 3.20. The maximum Gasteiger partial charge on any atom is 0.358 e. The zero-order chi connectivity index (χ0) is 15.2. The van der Waals surface area contributed by atoms with Gasteiger partial charge in [-0.3, -0.25) is 0 Å². The van der Waals surface area contributed by atoms with Gasteiger partial charge in [-0.2, -0.15) is 0 Å². The second kappa shape index (κ2) is 7.17. The highest BCUT2D eigenvalue weighted by Crippen LogP contribution is 2.20. The van der Waals surface area contributed by atoms with Gasteiger partial charge in [-0.05, 0) is 35.3 Å². The third-order valence-corrected chi connectivity index (χ3v) is 3.35. The Kier molecular flexibility index (Phi) is 5.27. The van der Waals surface area contributed by atoms with E-state index in [2.05, 4.69) is 31.2 Å². The van der Waals surface area contributed by atoms with Gasteiger partial charge in [0.15, 0.2) is 11.5 Å². The van der Waals surface area contributed by atoms with Crippen molar-refractivity contribution in [1.29, 1.82) is 0 Å². The van der Waals surface area contributed by atoms with Crippen molar-refractivity contribution in [1.82, 2.24) is 9.97 Å². The van der Waals surface area contributed by atoms with E-state index in [1.54, 1.807) is 13.8 Å². The summed E-state index contributed by atoms with van der Waals surface area (Å²) in [5.74, 6) is 0.141. The zero-order valence-electron chi connectivity index (χ0n) is 11.9. The summed E-state index contributed by atoms with van der Waals surface area (Å²) in [4.78, 5) is 20.3. The minimum Gasteiger partial charge on any atom is -0.461 e. The van der Waals surface area contributed by atoms with Crippen LogP contribution in [0.2, 0.25) is 0 Å². The molecule has 0 aliphatic carbocycles. The van der Waals surface area contributed by atoms with E-state index in [1.807, 2.05) is 30.3 Å². The summed E-state index contributed by atoms with van der Waals surface area (Å²) >= 11 is 3.33. The molecule has 0 aliphatic rings. The Morgan fingerprint density at radius 3 is 2.67 bits per heavy atom. The van der Waals surface area contributed by atoms with Crippen molar-refractivity contribution in [3.8, 4) is 0 Å². The van der Waals surface area contributed by atoms with Gasteiger partial charge in [-0.15, -0.1) is 0 Å². The van der Waals surface area contributed by atoms with Gasteiger partial charge in [0.2, 0.25) is 0 Å². The van der Waals surface area contributed by atoms with Gasteiger partial charge in [0.25, 0.3) is 0 Å². The maximum absolute atomic E-state index is 11.7. The van der Waals surface area contributed by atoms with Crippen LogP contribution >= 0.6 is 15.9 Å². The number of esters is 1. The number of halogens is 1. The van der Waals surface area contributed by atoms with Crippen LogP contribution in [0.1, 0.15) is 28.7 Å². The van der Waals surface area contributed by atoms with Gasteiger partial charge in [-0.1, -0.05) is 30.3 Å². The fourth-order valence-corrected chi connectivity index (χ4v) is 2.19. The minimum atomic E-state index is -0.460. The predicted molar refractivity (Wildman–Crippen MR) is 84.2 cm³/mol. The summed E-state index contributed by atoms with van der Waals surface area (Å²) in [7, 11) is 0. The lowest BCUT2D eigenvalue weighted by Crippen LogP contribution is -2.13. The molecule has 0 saturated heterocycles. The Morgan fingerprint density at radius 2 is 2.00 bits per heavy atom. The van der Waals surface area contributed by atoms with E-state index in [-0.39, 0.29) is 5.69 Å². The molecule has 1 heterocycles. The minimum absolute atomic E-state index is 0.231. The fraction of sp³-hybridized carbons (Fsp3) is 0.267. The molecule has 2 aromatic rings. The van der Waals surface area contributed by atoms with Crippen LogP contribution in [0, 0.1) is 6.92 Å². The van der Waals surface area contributed by atoms with E-state index >= 15 is 0 Å². The number of aromatic nitrogens is 2. The molecule has 0 spiro atoms. The number of benzene rings is 1. The highest BCUT2D eigenvalue weighted by molar-refractivity contribution is 9.10. The summed E-state index contributed by atoms with van der Waals surface area (Å²) in [6.07, 6.45) is 0. The van der Waals surface area contributed by atoms with Crippen LogP contribution in [0.4, 0.5) is 5.82 Å². The molecule has 0 amide bonds. The lowest BCUT2D eigenvalue weighted by Gasteiger charge is -2.10. The molecule has 2 rings (SSSR count). The maximum atomic E-state index is 11.7. The lowest BCUT2D eigenvalue weighted by molar-refractivity contribution is 0.0517. The summed E-state index contributed by atoms with van der Waals surface area (Å²) in [6, 6.07) is 9.97. The second-order valence-corrected chi connectivity index (χ2v) is 5.11. The molecule has 5 nitrogen and oxygen atoms in total. The number of nitrogens with zero attached hydrogens (tertiary/aromatic N) is 2. The molecule has 0 atom stereocenters. The van der Waals surface area contributed by atoms with E-state index in [0.29, 0.717) is 29.3 Å². The van der Waals surface area contributed by atoms with Gasteiger partial charge in [0.05, 0.1) is 12.3 Å². The van der Waals surface area contributed by atoms with Crippen molar-refractivity contribution in [3.63, 3.8) is 0 Å². The Labute approximate surface area is 131 Å². The first kappa shape index (κ1) is 15.4. The molecular formula is C15H16BrN3O2. The molecule has 0 saturated carbocycles. The number of aryl methyl sites for hydroxylation is 1. The fourth-order valence-electron chi connectivity index (χ4n) is 1.79. The monoisotopic (exact) mass is 349 g/mol. The Bertz CT molecular complexity index is 632. The summed E-state index contributed by atoms with van der Waals surface area (Å²) < 4.78 is 5.44. The number of carbonyl (C=O) groups is 1. The smallest absolute Gasteiger partial charge is 0.358 e. The molecule has 0 aliphatic heterocycles. The standard InChI is InChI=1S/C15H16BrN3O2/c1-3-21-15(20)12-10(2)18-14(13(16)19-12)17-9-11-7-5-4-6-8-11/h4-8H,3,9H2,1-2H3,(H,17,18). The molecule has 1 N–H and O–H groups in total. The van der Waals surface area contributed by atoms with E-state index in [1.165, 1.54) is 0 Å². The van der Waals surface area contributed by atoms with Crippen molar-refractivity contribution in [2.75, 3.05) is 11.9 Å². The normalized spacial score (nSPS) is 10.2. The summed E-state index contributed by atoms with van der Waals surface area (Å²) in [5.41, 5.74) is 1.90. The van der Waals surface area contributed by atoms with Crippen molar-refractivity contribution in [3.05, 3.63) is 51.9 Å².